The number of carbonyl (C=O) groups is 1. The van der Waals surface area contributed by atoms with Crippen LogP contribution in [0.4, 0.5) is 0 Å². The van der Waals surface area contributed by atoms with Crippen LogP contribution in [0.1, 0.15) is 29.2 Å². The Morgan fingerprint density at radius 3 is 2.75 bits per heavy atom. The monoisotopic (exact) mass is 325 g/mol. The molecule has 4 heteroatoms. The molecule has 1 heterocycles. The summed E-state index contributed by atoms with van der Waals surface area (Å²) < 4.78 is 5.75. The third-order valence-electron chi connectivity index (χ3n) is 4.31. The van der Waals surface area contributed by atoms with E-state index in [0.29, 0.717) is 13.0 Å². The minimum Gasteiger partial charge on any atom is -0.391 e. The highest BCUT2D eigenvalue weighted by molar-refractivity contribution is 5.76. The molecule has 2 atom stereocenters. The lowest BCUT2D eigenvalue weighted by molar-refractivity contribution is -0.124. The molecule has 3 rings (SSSR count). The molecule has 2 aromatic rings. The van der Waals surface area contributed by atoms with Gasteiger partial charge in [-0.15, -0.1) is 0 Å². The zero-order valence-electron chi connectivity index (χ0n) is 13.7. The molecular weight excluding hydrogens is 302 g/mol. The lowest BCUT2D eigenvalue weighted by atomic mass is 9.95. The maximum atomic E-state index is 12.2. The van der Waals surface area contributed by atoms with E-state index < -0.39 is 6.10 Å². The minimum atomic E-state index is -0.587. The van der Waals surface area contributed by atoms with Gasteiger partial charge in [0.25, 0.3) is 0 Å². The molecule has 0 bridgehead atoms. The molecule has 0 saturated carbocycles. The van der Waals surface area contributed by atoms with E-state index in [9.17, 15) is 9.90 Å². The Hall–Kier alpha value is -2.17. The summed E-state index contributed by atoms with van der Waals surface area (Å²) in [4.78, 5) is 12.2. The van der Waals surface area contributed by atoms with Gasteiger partial charge in [-0.3, -0.25) is 4.79 Å². The molecule has 0 saturated heterocycles. The second-order valence-corrected chi connectivity index (χ2v) is 6.16. The van der Waals surface area contributed by atoms with Crippen LogP contribution in [-0.2, 0) is 22.4 Å². The molecule has 0 aliphatic carbocycles. The quantitative estimate of drug-likeness (QED) is 0.857. The molecule has 0 aromatic heterocycles. The second kappa shape index (κ2) is 8.08. The molecule has 24 heavy (non-hydrogen) atoms. The summed E-state index contributed by atoms with van der Waals surface area (Å²) in [5, 5.41) is 12.9. The topological polar surface area (TPSA) is 58.6 Å². The largest absolute Gasteiger partial charge is 0.391 e. The Labute approximate surface area is 142 Å². The van der Waals surface area contributed by atoms with Gasteiger partial charge in [-0.25, -0.2) is 0 Å². The van der Waals surface area contributed by atoms with E-state index in [2.05, 4.69) is 11.4 Å². The van der Waals surface area contributed by atoms with E-state index >= 15 is 0 Å². The van der Waals surface area contributed by atoms with Crippen molar-refractivity contribution in [1.29, 1.82) is 0 Å². The summed E-state index contributed by atoms with van der Waals surface area (Å²) >= 11 is 0. The van der Waals surface area contributed by atoms with Crippen molar-refractivity contribution < 1.29 is 14.6 Å². The number of carbonyl (C=O) groups excluding carboxylic acids is 1. The molecule has 0 radical (unpaired) electrons. The number of fused-ring (bicyclic) bond motifs is 1. The summed E-state index contributed by atoms with van der Waals surface area (Å²) in [6.45, 7) is 0.897. The summed E-state index contributed by atoms with van der Waals surface area (Å²) in [5.74, 6) is -0.0937. The van der Waals surface area contributed by atoms with E-state index in [4.69, 9.17) is 4.74 Å². The van der Waals surface area contributed by atoms with Crippen LogP contribution in [0.5, 0.6) is 0 Å². The number of aliphatic hydroxyl groups excluding tert-OH is 1. The number of aliphatic hydroxyl groups is 1. The van der Waals surface area contributed by atoms with Gasteiger partial charge < -0.3 is 15.2 Å². The van der Waals surface area contributed by atoms with Gasteiger partial charge >= 0.3 is 0 Å². The van der Waals surface area contributed by atoms with Gasteiger partial charge in [0, 0.05) is 13.0 Å². The standard InChI is InChI=1S/C20H23NO3/c22-17(12-15-6-2-1-3-7-15)14-21-20(23)13-19-18-9-5-4-8-16(18)10-11-24-19/h1-9,17,19,22H,10-14H2,(H,21,23)/t17-,19+/m1/s1. The maximum absolute atomic E-state index is 12.2. The molecule has 2 N–H and O–H groups in total. The minimum absolute atomic E-state index is 0.0937. The Balaban J connectivity index is 1.48. The van der Waals surface area contributed by atoms with Gasteiger partial charge in [0.05, 0.1) is 25.2 Å². The first kappa shape index (κ1) is 16.7. The van der Waals surface area contributed by atoms with E-state index in [-0.39, 0.29) is 25.0 Å². The molecule has 0 fully saturated rings. The Bertz CT molecular complexity index is 672. The van der Waals surface area contributed by atoms with Crippen molar-refractivity contribution in [2.75, 3.05) is 13.2 Å². The zero-order chi connectivity index (χ0) is 16.8. The van der Waals surface area contributed by atoms with Crippen molar-refractivity contribution in [2.24, 2.45) is 0 Å². The molecular formula is C20H23NO3. The van der Waals surface area contributed by atoms with Crippen LogP contribution in [0.3, 0.4) is 0 Å². The molecule has 0 spiro atoms. The van der Waals surface area contributed by atoms with Crippen LogP contribution in [0.25, 0.3) is 0 Å². The predicted molar refractivity (Wildman–Crippen MR) is 92.6 cm³/mol. The lowest BCUT2D eigenvalue weighted by Gasteiger charge is -2.25. The first-order valence-electron chi connectivity index (χ1n) is 8.40. The summed E-state index contributed by atoms with van der Waals surface area (Å²) in [5.41, 5.74) is 3.41. The predicted octanol–water partition coefficient (Wildman–Crippen LogP) is 2.41. The number of nitrogens with one attached hydrogen (secondary N) is 1. The number of hydrogen-bond donors (Lipinski definition) is 2. The number of hydrogen-bond acceptors (Lipinski definition) is 3. The van der Waals surface area contributed by atoms with Gasteiger partial charge in [-0.1, -0.05) is 54.6 Å². The number of rotatable bonds is 6. The highest BCUT2D eigenvalue weighted by Gasteiger charge is 2.23. The van der Waals surface area contributed by atoms with Crippen molar-refractivity contribution in [3.05, 3.63) is 71.3 Å². The van der Waals surface area contributed by atoms with Crippen LogP contribution >= 0.6 is 0 Å². The highest BCUT2D eigenvalue weighted by atomic mass is 16.5. The molecule has 2 aromatic carbocycles. The van der Waals surface area contributed by atoms with Crippen molar-refractivity contribution >= 4 is 5.91 Å². The van der Waals surface area contributed by atoms with Gasteiger partial charge in [0.15, 0.2) is 0 Å². The molecule has 0 unspecified atom stereocenters. The lowest BCUT2D eigenvalue weighted by Crippen LogP contribution is -2.34. The highest BCUT2D eigenvalue weighted by Crippen LogP contribution is 2.29. The van der Waals surface area contributed by atoms with Crippen LogP contribution in [0, 0.1) is 0 Å². The SMILES string of the molecule is O=C(C[C@@H]1OCCc2ccccc21)NC[C@H](O)Cc1ccccc1. The number of ether oxygens (including phenoxy) is 1. The van der Waals surface area contributed by atoms with E-state index in [1.54, 1.807) is 0 Å². The van der Waals surface area contributed by atoms with Crippen LogP contribution in [0.2, 0.25) is 0 Å². The van der Waals surface area contributed by atoms with Crippen molar-refractivity contribution in [3.8, 4) is 0 Å². The normalized spacial score (nSPS) is 17.8. The Morgan fingerprint density at radius 2 is 1.92 bits per heavy atom. The average Bonchev–Trinajstić information content (AvgIpc) is 2.61. The average molecular weight is 325 g/mol. The second-order valence-electron chi connectivity index (χ2n) is 6.16. The first-order chi connectivity index (χ1) is 11.7. The van der Waals surface area contributed by atoms with E-state index in [0.717, 1.165) is 17.5 Å². The van der Waals surface area contributed by atoms with Gasteiger partial charge in [0.2, 0.25) is 5.91 Å². The summed E-state index contributed by atoms with van der Waals surface area (Å²) in [6.07, 6.45) is 0.931. The summed E-state index contributed by atoms with van der Waals surface area (Å²) in [6, 6.07) is 17.9. The van der Waals surface area contributed by atoms with Gasteiger partial charge in [-0.2, -0.15) is 0 Å². The third kappa shape index (κ3) is 4.43. The number of benzene rings is 2. The fourth-order valence-corrected chi connectivity index (χ4v) is 3.08. The third-order valence-corrected chi connectivity index (χ3v) is 4.31. The Kier molecular flexibility index (Phi) is 5.62. The molecule has 4 nitrogen and oxygen atoms in total. The fraction of sp³-hybridized carbons (Fsp3) is 0.350. The smallest absolute Gasteiger partial charge is 0.223 e. The van der Waals surface area contributed by atoms with Crippen molar-refractivity contribution in [3.63, 3.8) is 0 Å². The first-order valence-corrected chi connectivity index (χ1v) is 8.40. The molecule has 1 amide bonds. The number of amides is 1. The fourth-order valence-electron chi connectivity index (χ4n) is 3.08. The van der Waals surface area contributed by atoms with Crippen molar-refractivity contribution in [1.82, 2.24) is 5.32 Å². The van der Waals surface area contributed by atoms with Crippen LogP contribution in [0.15, 0.2) is 54.6 Å². The van der Waals surface area contributed by atoms with Crippen LogP contribution in [-0.4, -0.2) is 30.3 Å². The molecule has 126 valence electrons. The van der Waals surface area contributed by atoms with Gasteiger partial charge in [0.1, 0.15) is 0 Å². The van der Waals surface area contributed by atoms with E-state index in [1.807, 2.05) is 48.5 Å². The van der Waals surface area contributed by atoms with Crippen molar-refractivity contribution in [2.45, 2.75) is 31.5 Å². The molecule has 1 aliphatic rings. The molecule has 1 aliphatic heterocycles. The van der Waals surface area contributed by atoms with Crippen LogP contribution < -0.4 is 5.32 Å². The zero-order valence-corrected chi connectivity index (χ0v) is 13.7. The maximum Gasteiger partial charge on any atom is 0.223 e. The summed E-state index contributed by atoms with van der Waals surface area (Å²) in [7, 11) is 0. The van der Waals surface area contributed by atoms with Gasteiger partial charge in [-0.05, 0) is 23.1 Å². The van der Waals surface area contributed by atoms with E-state index in [1.165, 1.54) is 5.56 Å². The Morgan fingerprint density at radius 1 is 1.17 bits per heavy atom.